The van der Waals surface area contributed by atoms with Gasteiger partial charge < -0.3 is 10.5 Å². The zero-order valence-electron chi connectivity index (χ0n) is 11.5. The number of hydrogen-bond acceptors (Lipinski definition) is 3. The van der Waals surface area contributed by atoms with E-state index in [9.17, 15) is 4.79 Å². The fourth-order valence-electron chi connectivity index (χ4n) is 1.69. The molecule has 0 aliphatic rings. The topological polar surface area (TPSA) is 90.3 Å². The third-order valence-electron chi connectivity index (χ3n) is 2.70. The first-order chi connectivity index (χ1) is 10.1. The second kappa shape index (κ2) is 7.09. The van der Waals surface area contributed by atoms with Crippen molar-refractivity contribution in [2.75, 3.05) is 6.54 Å². The minimum atomic E-state index is -0.338. The fraction of sp³-hybridized carbons (Fsp3) is 0.125. The molecule has 0 aliphatic heterocycles. The molecule has 107 valence electrons. The zero-order valence-corrected chi connectivity index (χ0v) is 11.5. The van der Waals surface area contributed by atoms with Crippen LogP contribution in [0.15, 0.2) is 54.6 Å². The van der Waals surface area contributed by atoms with Gasteiger partial charge in [-0.15, -0.1) is 0 Å². The number of carbonyl (C=O) groups is 1. The summed E-state index contributed by atoms with van der Waals surface area (Å²) in [5.41, 5.74) is 5.67. The van der Waals surface area contributed by atoms with E-state index in [1.165, 1.54) is 0 Å². The second-order valence-corrected chi connectivity index (χ2v) is 4.41. The summed E-state index contributed by atoms with van der Waals surface area (Å²) in [6, 6.07) is 16.2. The Hall–Kier alpha value is -2.82. The minimum absolute atomic E-state index is 0.0210. The number of rotatable bonds is 6. The van der Waals surface area contributed by atoms with Gasteiger partial charge in [-0.05, 0) is 30.3 Å². The quantitative estimate of drug-likeness (QED) is 0.630. The standard InChI is InChI=1S/C16H16N3O2/c17-15(18)9-10-19-16(20)12-5-4-8-14(11-12)21-13-6-2-1-3-7-13/h1-8,11H,9-10H2,(H3,17,18). The summed E-state index contributed by atoms with van der Waals surface area (Å²) in [6.45, 7) is 0.220. The van der Waals surface area contributed by atoms with Crippen LogP contribution in [0.4, 0.5) is 0 Å². The predicted octanol–water partition coefficient (Wildman–Crippen LogP) is 2.55. The molecule has 0 spiro atoms. The van der Waals surface area contributed by atoms with Gasteiger partial charge in [0.25, 0.3) is 5.91 Å². The van der Waals surface area contributed by atoms with Crippen molar-refractivity contribution in [3.63, 3.8) is 0 Å². The van der Waals surface area contributed by atoms with Crippen molar-refractivity contribution in [3.05, 3.63) is 60.2 Å². The molecule has 3 N–H and O–H groups in total. The first kappa shape index (κ1) is 14.6. The molecule has 0 aliphatic carbocycles. The van der Waals surface area contributed by atoms with Crippen LogP contribution in [-0.4, -0.2) is 18.3 Å². The summed E-state index contributed by atoms with van der Waals surface area (Å²) < 4.78 is 5.66. The van der Waals surface area contributed by atoms with Crippen LogP contribution in [0.2, 0.25) is 0 Å². The van der Waals surface area contributed by atoms with Crippen molar-refractivity contribution in [3.8, 4) is 11.5 Å². The summed E-state index contributed by atoms with van der Waals surface area (Å²) in [4.78, 5) is 11.9. The smallest absolute Gasteiger partial charge is 0.272 e. The van der Waals surface area contributed by atoms with E-state index in [1.54, 1.807) is 24.3 Å². The third kappa shape index (κ3) is 4.65. The molecule has 0 saturated heterocycles. The van der Waals surface area contributed by atoms with Crippen molar-refractivity contribution >= 4 is 11.7 Å². The van der Waals surface area contributed by atoms with Crippen LogP contribution in [0.3, 0.4) is 0 Å². The van der Waals surface area contributed by atoms with E-state index in [0.717, 1.165) is 0 Å². The monoisotopic (exact) mass is 282 g/mol. The van der Waals surface area contributed by atoms with E-state index in [-0.39, 0.29) is 24.7 Å². The summed E-state index contributed by atoms with van der Waals surface area (Å²) in [7, 11) is 0. The lowest BCUT2D eigenvalue weighted by atomic mass is 10.2. The Kier molecular flexibility index (Phi) is 4.93. The summed E-state index contributed by atoms with van der Waals surface area (Å²) in [5.74, 6) is 0.965. The highest BCUT2D eigenvalue weighted by molar-refractivity contribution is 5.94. The van der Waals surface area contributed by atoms with Gasteiger partial charge in [0.1, 0.15) is 11.5 Å². The minimum Gasteiger partial charge on any atom is -0.457 e. The zero-order chi connectivity index (χ0) is 15.1. The van der Waals surface area contributed by atoms with E-state index in [4.69, 9.17) is 15.9 Å². The molecular formula is C16H16N3O2. The van der Waals surface area contributed by atoms with Crippen LogP contribution in [0, 0.1) is 5.41 Å². The van der Waals surface area contributed by atoms with Gasteiger partial charge in [0, 0.05) is 12.0 Å². The van der Waals surface area contributed by atoms with Gasteiger partial charge in [0.15, 0.2) is 0 Å². The van der Waals surface area contributed by atoms with Crippen LogP contribution in [0.5, 0.6) is 11.5 Å². The Morgan fingerprint density at radius 3 is 2.52 bits per heavy atom. The molecule has 1 radical (unpaired) electrons. The molecule has 2 rings (SSSR count). The molecule has 2 aromatic rings. The lowest BCUT2D eigenvalue weighted by molar-refractivity contribution is 0.0950. The number of benzene rings is 2. The number of hydrogen-bond donors (Lipinski definition) is 2. The summed E-state index contributed by atoms with van der Waals surface area (Å²) in [5, 5.41) is 11.0. The van der Waals surface area contributed by atoms with Gasteiger partial charge in [-0.25, -0.2) is 5.32 Å². The van der Waals surface area contributed by atoms with Crippen LogP contribution in [0.25, 0.3) is 0 Å². The van der Waals surface area contributed by atoms with Crippen molar-refractivity contribution < 1.29 is 9.53 Å². The van der Waals surface area contributed by atoms with Gasteiger partial charge >= 0.3 is 0 Å². The molecule has 5 nitrogen and oxygen atoms in total. The largest absolute Gasteiger partial charge is 0.457 e. The number of ether oxygens (including phenoxy) is 1. The Morgan fingerprint density at radius 2 is 1.81 bits per heavy atom. The number of para-hydroxylation sites is 1. The number of amides is 1. The van der Waals surface area contributed by atoms with E-state index in [2.05, 4.69) is 5.32 Å². The van der Waals surface area contributed by atoms with Crippen LogP contribution in [0.1, 0.15) is 16.8 Å². The van der Waals surface area contributed by atoms with Gasteiger partial charge in [-0.3, -0.25) is 10.2 Å². The van der Waals surface area contributed by atoms with E-state index >= 15 is 0 Å². The molecule has 2 aromatic carbocycles. The normalized spacial score (nSPS) is 9.90. The van der Waals surface area contributed by atoms with Gasteiger partial charge in [-0.2, -0.15) is 0 Å². The highest BCUT2D eigenvalue weighted by atomic mass is 16.5. The highest BCUT2D eigenvalue weighted by Crippen LogP contribution is 2.21. The van der Waals surface area contributed by atoms with Crippen molar-refractivity contribution in [1.29, 1.82) is 5.41 Å². The van der Waals surface area contributed by atoms with Gasteiger partial charge in [-0.1, -0.05) is 24.3 Å². The second-order valence-electron chi connectivity index (χ2n) is 4.41. The Balaban J connectivity index is 2.00. The van der Waals surface area contributed by atoms with E-state index < -0.39 is 0 Å². The van der Waals surface area contributed by atoms with Crippen LogP contribution in [-0.2, 0) is 0 Å². The number of carbonyl (C=O) groups excluding carboxylic acids is 1. The van der Waals surface area contributed by atoms with Crippen LogP contribution >= 0.6 is 0 Å². The lowest BCUT2D eigenvalue weighted by Crippen LogP contribution is -2.21. The van der Waals surface area contributed by atoms with E-state index in [0.29, 0.717) is 17.1 Å². The maximum Gasteiger partial charge on any atom is 0.272 e. The van der Waals surface area contributed by atoms with Gasteiger partial charge in [0.05, 0.1) is 12.4 Å². The molecule has 5 heteroatoms. The third-order valence-corrected chi connectivity index (χ3v) is 2.70. The summed E-state index contributed by atoms with van der Waals surface area (Å²) >= 11 is 0. The molecular weight excluding hydrogens is 266 g/mol. The number of nitrogens with zero attached hydrogens (tertiary/aromatic N) is 1. The summed E-state index contributed by atoms with van der Waals surface area (Å²) in [6.07, 6.45) is 0.284. The average molecular weight is 282 g/mol. The van der Waals surface area contributed by atoms with Crippen LogP contribution < -0.4 is 15.8 Å². The molecule has 0 saturated carbocycles. The van der Waals surface area contributed by atoms with Gasteiger partial charge in [0.2, 0.25) is 0 Å². The Morgan fingerprint density at radius 1 is 1.10 bits per heavy atom. The molecule has 0 aromatic heterocycles. The predicted molar refractivity (Wildman–Crippen MR) is 80.8 cm³/mol. The first-order valence-corrected chi connectivity index (χ1v) is 6.53. The maximum absolute atomic E-state index is 11.9. The molecule has 0 heterocycles. The highest BCUT2D eigenvalue weighted by Gasteiger charge is 2.08. The average Bonchev–Trinajstić information content (AvgIpc) is 2.48. The maximum atomic E-state index is 11.9. The van der Waals surface area contributed by atoms with E-state index in [1.807, 2.05) is 30.3 Å². The van der Waals surface area contributed by atoms with Crippen molar-refractivity contribution in [2.24, 2.45) is 5.73 Å². The lowest BCUT2D eigenvalue weighted by Gasteiger charge is -2.07. The SMILES string of the molecule is N=C(N)CC[N]C(=O)c1cccc(Oc2ccccc2)c1. The number of nitrogens with one attached hydrogen (secondary N) is 1. The fourth-order valence-corrected chi connectivity index (χ4v) is 1.69. The Labute approximate surface area is 123 Å². The molecule has 1 amide bonds. The molecule has 0 atom stereocenters. The number of nitrogens with two attached hydrogens (primary N) is 1. The molecule has 0 fully saturated rings. The molecule has 21 heavy (non-hydrogen) atoms. The first-order valence-electron chi connectivity index (χ1n) is 6.53. The molecule has 0 unspecified atom stereocenters. The molecule has 0 bridgehead atoms. The van der Waals surface area contributed by atoms with Crippen molar-refractivity contribution in [2.45, 2.75) is 6.42 Å². The Bertz CT molecular complexity index is 626. The van der Waals surface area contributed by atoms with Crippen molar-refractivity contribution in [1.82, 2.24) is 5.32 Å². The number of amidine groups is 1.